The Bertz CT molecular complexity index is 533. The predicted octanol–water partition coefficient (Wildman–Crippen LogP) is 1.71. The SMILES string of the molecule is NC1(C(=O)NCCCc2nnc3n2CCCCC3)CCCCC1. The van der Waals surface area contributed by atoms with Gasteiger partial charge in [0.15, 0.2) is 0 Å². The van der Waals surface area contributed by atoms with Crippen molar-refractivity contribution in [2.24, 2.45) is 5.73 Å². The molecule has 1 saturated carbocycles. The van der Waals surface area contributed by atoms with Crippen LogP contribution in [0.3, 0.4) is 0 Å². The lowest BCUT2D eigenvalue weighted by molar-refractivity contribution is -0.127. The van der Waals surface area contributed by atoms with E-state index in [4.69, 9.17) is 5.73 Å². The summed E-state index contributed by atoms with van der Waals surface area (Å²) in [4.78, 5) is 12.3. The summed E-state index contributed by atoms with van der Waals surface area (Å²) in [6.45, 7) is 1.70. The van der Waals surface area contributed by atoms with Gasteiger partial charge in [0.05, 0.1) is 5.54 Å². The molecule has 0 aromatic carbocycles. The summed E-state index contributed by atoms with van der Waals surface area (Å²) in [6, 6.07) is 0. The van der Waals surface area contributed by atoms with Crippen molar-refractivity contribution >= 4 is 5.91 Å². The van der Waals surface area contributed by atoms with Crippen molar-refractivity contribution in [3.05, 3.63) is 11.6 Å². The smallest absolute Gasteiger partial charge is 0.240 e. The van der Waals surface area contributed by atoms with Gasteiger partial charge >= 0.3 is 0 Å². The van der Waals surface area contributed by atoms with Gasteiger partial charge < -0.3 is 15.6 Å². The highest BCUT2D eigenvalue weighted by molar-refractivity contribution is 5.86. The number of hydrogen-bond donors (Lipinski definition) is 2. The molecule has 1 fully saturated rings. The Labute approximate surface area is 138 Å². The third-order valence-corrected chi connectivity index (χ3v) is 5.25. The molecule has 0 bridgehead atoms. The Hall–Kier alpha value is -1.43. The molecule has 3 rings (SSSR count). The maximum Gasteiger partial charge on any atom is 0.240 e. The van der Waals surface area contributed by atoms with E-state index in [9.17, 15) is 4.79 Å². The van der Waals surface area contributed by atoms with Crippen LogP contribution in [0.1, 0.15) is 69.4 Å². The van der Waals surface area contributed by atoms with Crippen LogP contribution < -0.4 is 11.1 Å². The van der Waals surface area contributed by atoms with Crippen molar-refractivity contribution in [1.29, 1.82) is 0 Å². The van der Waals surface area contributed by atoms with Crippen LogP contribution in [0.2, 0.25) is 0 Å². The fourth-order valence-electron chi connectivity index (χ4n) is 3.76. The minimum absolute atomic E-state index is 0.0253. The van der Waals surface area contributed by atoms with Crippen LogP contribution in [0.5, 0.6) is 0 Å². The Morgan fingerprint density at radius 2 is 1.91 bits per heavy atom. The molecule has 0 atom stereocenters. The second-order valence-electron chi connectivity index (χ2n) is 7.07. The number of carbonyl (C=O) groups is 1. The molecule has 2 aliphatic rings. The lowest BCUT2D eigenvalue weighted by Crippen LogP contribution is -2.55. The highest BCUT2D eigenvalue weighted by Crippen LogP contribution is 2.25. The van der Waals surface area contributed by atoms with Crippen LogP contribution in [-0.2, 0) is 24.2 Å². The van der Waals surface area contributed by atoms with E-state index >= 15 is 0 Å². The predicted molar refractivity (Wildman–Crippen MR) is 88.9 cm³/mol. The highest BCUT2D eigenvalue weighted by atomic mass is 16.2. The maximum absolute atomic E-state index is 12.3. The van der Waals surface area contributed by atoms with E-state index in [1.54, 1.807) is 0 Å². The summed E-state index contributed by atoms with van der Waals surface area (Å²) < 4.78 is 2.28. The third kappa shape index (κ3) is 3.91. The Morgan fingerprint density at radius 1 is 1.13 bits per heavy atom. The number of carbonyl (C=O) groups excluding carboxylic acids is 1. The van der Waals surface area contributed by atoms with Crippen LogP contribution in [0.25, 0.3) is 0 Å². The van der Waals surface area contributed by atoms with Crippen LogP contribution in [0.15, 0.2) is 0 Å². The molecule has 6 heteroatoms. The Balaban J connectivity index is 1.45. The van der Waals surface area contributed by atoms with E-state index in [-0.39, 0.29) is 5.91 Å². The first-order chi connectivity index (χ1) is 11.2. The first-order valence-electron chi connectivity index (χ1n) is 9.17. The zero-order valence-corrected chi connectivity index (χ0v) is 14.0. The summed E-state index contributed by atoms with van der Waals surface area (Å²) in [5, 5.41) is 11.7. The standard InChI is InChI=1S/C17H29N5O/c18-17(10-4-2-5-11-17)16(23)19-12-7-9-15-21-20-14-8-3-1-6-13-22(14)15/h1-13,18H2,(H,19,23). The summed E-state index contributed by atoms with van der Waals surface area (Å²) in [5.74, 6) is 2.22. The summed E-state index contributed by atoms with van der Waals surface area (Å²) in [6.07, 6.45) is 11.5. The molecule has 0 radical (unpaired) electrons. The average Bonchev–Trinajstić information content (AvgIpc) is 2.79. The van der Waals surface area contributed by atoms with Crippen molar-refractivity contribution in [3.63, 3.8) is 0 Å². The second-order valence-corrected chi connectivity index (χ2v) is 7.07. The minimum atomic E-state index is -0.635. The van der Waals surface area contributed by atoms with Gasteiger partial charge in [-0.3, -0.25) is 4.79 Å². The molecule has 3 N–H and O–H groups in total. The Kier molecular flexibility index (Phi) is 5.30. The summed E-state index contributed by atoms with van der Waals surface area (Å²) >= 11 is 0. The molecule has 1 aromatic rings. The number of aromatic nitrogens is 3. The molecular formula is C17H29N5O. The van der Waals surface area contributed by atoms with Gasteiger partial charge in [0.1, 0.15) is 11.6 Å². The van der Waals surface area contributed by atoms with Gasteiger partial charge in [0, 0.05) is 25.9 Å². The van der Waals surface area contributed by atoms with Crippen LogP contribution in [0.4, 0.5) is 0 Å². The van der Waals surface area contributed by atoms with E-state index in [0.29, 0.717) is 6.54 Å². The van der Waals surface area contributed by atoms with E-state index in [2.05, 4.69) is 20.1 Å². The zero-order valence-electron chi connectivity index (χ0n) is 14.0. The molecule has 128 valence electrons. The van der Waals surface area contributed by atoms with Gasteiger partial charge in [-0.15, -0.1) is 10.2 Å². The normalized spacial score (nSPS) is 20.6. The first-order valence-corrected chi connectivity index (χ1v) is 9.17. The largest absolute Gasteiger partial charge is 0.354 e. The fourth-order valence-corrected chi connectivity index (χ4v) is 3.76. The van der Waals surface area contributed by atoms with Crippen molar-refractivity contribution in [3.8, 4) is 0 Å². The number of amides is 1. The number of nitrogens with two attached hydrogens (primary N) is 1. The van der Waals surface area contributed by atoms with Crippen molar-refractivity contribution in [2.75, 3.05) is 6.54 Å². The molecular weight excluding hydrogens is 290 g/mol. The van der Waals surface area contributed by atoms with Crippen molar-refractivity contribution < 1.29 is 4.79 Å². The average molecular weight is 319 g/mol. The van der Waals surface area contributed by atoms with Crippen LogP contribution in [0, 0.1) is 0 Å². The number of rotatable bonds is 5. The molecule has 1 aliphatic heterocycles. The molecule has 1 aliphatic carbocycles. The lowest BCUT2D eigenvalue weighted by Gasteiger charge is -2.31. The first kappa shape index (κ1) is 16.4. The molecule has 1 aromatic heterocycles. The van der Waals surface area contributed by atoms with E-state index in [1.165, 1.54) is 25.7 Å². The summed E-state index contributed by atoms with van der Waals surface area (Å²) in [5.41, 5.74) is 5.61. The number of nitrogens with zero attached hydrogens (tertiary/aromatic N) is 3. The van der Waals surface area contributed by atoms with Crippen molar-refractivity contribution in [1.82, 2.24) is 20.1 Å². The van der Waals surface area contributed by atoms with Crippen molar-refractivity contribution in [2.45, 2.75) is 82.7 Å². The van der Waals surface area contributed by atoms with Gasteiger partial charge in [-0.1, -0.05) is 25.7 Å². The van der Waals surface area contributed by atoms with Gasteiger partial charge in [0.25, 0.3) is 0 Å². The number of fused-ring (bicyclic) bond motifs is 1. The number of nitrogens with one attached hydrogen (secondary N) is 1. The Morgan fingerprint density at radius 3 is 2.74 bits per heavy atom. The maximum atomic E-state index is 12.3. The van der Waals surface area contributed by atoms with E-state index in [1.807, 2.05) is 0 Å². The van der Waals surface area contributed by atoms with Gasteiger partial charge in [-0.2, -0.15) is 0 Å². The molecule has 0 spiro atoms. The number of hydrogen-bond acceptors (Lipinski definition) is 4. The minimum Gasteiger partial charge on any atom is -0.354 e. The quantitative estimate of drug-likeness (QED) is 0.809. The van der Waals surface area contributed by atoms with E-state index in [0.717, 1.165) is 63.1 Å². The number of aryl methyl sites for hydroxylation is 2. The van der Waals surface area contributed by atoms with Gasteiger partial charge in [0.2, 0.25) is 5.91 Å². The molecule has 0 saturated heterocycles. The van der Waals surface area contributed by atoms with Gasteiger partial charge in [-0.05, 0) is 32.1 Å². The molecule has 2 heterocycles. The topological polar surface area (TPSA) is 85.8 Å². The molecule has 1 amide bonds. The monoisotopic (exact) mass is 319 g/mol. The van der Waals surface area contributed by atoms with Gasteiger partial charge in [-0.25, -0.2) is 0 Å². The molecule has 0 unspecified atom stereocenters. The lowest BCUT2D eigenvalue weighted by atomic mass is 9.82. The van der Waals surface area contributed by atoms with Crippen LogP contribution in [-0.4, -0.2) is 32.8 Å². The molecule has 6 nitrogen and oxygen atoms in total. The summed E-state index contributed by atoms with van der Waals surface area (Å²) in [7, 11) is 0. The van der Waals surface area contributed by atoms with Crippen LogP contribution >= 0.6 is 0 Å². The highest BCUT2D eigenvalue weighted by Gasteiger charge is 2.34. The third-order valence-electron chi connectivity index (χ3n) is 5.25. The second kappa shape index (κ2) is 7.43. The zero-order chi connectivity index (χ0) is 16.1. The van der Waals surface area contributed by atoms with E-state index < -0.39 is 5.54 Å². The molecule has 23 heavy (non-hydrogen) atoms. The fraction of sp³-hybridized carbons (Fsp3) is 0.824.